The van der Waals surface area contributed by atoms with Crippen LogP contribution in [0, 0.1) is 12.8 Å². The highest BCUT2D eigenvalue weighted by atomic mass is 32.1. The summed E-state index contributed by atoms with van der Waals surface area (Å²) in [6.07, 6.45) is 3.10. The molecule has 0 saturated carbocycles. The second-order valence-electron chi connectivity index (χ2n) is 8.97. The summed E-state index contributed by atoms with van der Waals surface area (Å²) in [6.45, 7) is 6.82. The maximum atomic E-state index is 12.6. The Morgan fingerprint density at radius 2 is 1.72 bits per heavy atom. The summed E-state index contributed by atoms with van der Waals surface area (Å²) in [4.78, 5) is 14.6. The molecule has 3 aromatic rings. The van der Waals surface area contributed by atoms with Gasteiger partial charge in [0.15, 0.2) is 0 Å². The van der Waals surface area contributed by atoms with Gasteiger partial charge in [0.05, 0.1) is 38.2 Å². The van der Waals surface area contributed by atoms with Gasteiger partial charge in [-0.2, -0.15) is 0 Å². The summed E-state index contributed by atoms with van der Waals surface area (Å²) in [5, 5.41) is 0. The Balaban J connectivity index is 1.57. The molecule has 2 atom stereocenters. The summed E-state index contributed by atoms with van der Waals surface area (Å²) in [7, 11) is 3.08. The van der Waals surface area contributed by atoms with Gasteiger partial charge in [-0.05, 0) is 53.4 Å². The second kappa shape index (κ2) is 11.2. The van der Waals surface area contributed by atoms with Crippen LogP contribution < -0.4 is 4.74 Å². The molecule has 2 unspecified atom stereocenters. The number of benzene rings is 2. The highest BCUT2D eigenvalue weighted by Gasteiger charge is 2.36. The maximum Gasteiger partial charge on any atom is 0.309 e. The second-order valence-corrected chi connectivity index (χ2v) is 10.1. The van der Waals surface area contributed by atoms with Crippen LogP contribution in [0.2, 0.25) is 0 Å². The predicted molar refractivity (Wildman–Crippen MR) is 139 cm³/mol. The van der Waals surface area contributed by atoms with Gasteiger partial charge in [-0.15, -0.1) is 11.3 Å². The molecule has 4 rings (SSSR count). The molecule has 36 heavy (non-hydrogen) atoms. The Kier molecular flexibility index (Phi) is 8.01. The van der Waals surface area contributed by atoms with Gasteiger partial charge in [0.2, 0.25) is 0 Å². The van der Waals surface area contributed by atoms with Crippen molar-refractivity contribution < 1.29 is 28.5 Å². The molecule has 1 aromatic heterocycles. The van der Waals surface area contributed by atoms with E-state index in [0.29, 0.717) is 13.2 Å². The lowest BCUT2D eigenvalue weighted by atomic mass is 9.84. The van der Waals surface area contributed by atoms with Crippen molar-refractivity contribution in [2.45, 2.75) is 45.7 Å². The van der Waals surface area contributed by atoms with Gasteiger partial charge >= 0.3 is 5.97 Å². The van der Waals surface area contributed by atoms with E-state index in [1.54, 1.807) is 31.0 Å². The fraction of sp³-hybridized carbons (Fsp3) is 0.345. The first-order chi connectivity index (χ1) is 17.3. The molecule has 0 amide bonds. The molecule has 0 saturated heterocycles. The van der Waals surface area contributed by atoms with E-state index in [9.17, 15) is 4.79 Å². The average Bonchev–Trinajstić information content (AvgIpc) is 3.56. The molecule has 0 N–H and O–H groups in total. The van der Waals surface area contributed by atoms with Gasteiger partial charge < -0.3 is 23.7 Å². The fourth-order valence-corrected chi connectivity index (χ4v) is 5.56. The molecule has 1 aliphatic heterocycles. The number of hydrogen-bond acceptors (Lipinski definition) is 7. The van der Waals surface area contributed by atoms with Crippen LogP contribution in [0.25, 0.3) is 0 Å². The van der Waals surface area contributed by atoms with Crippen molar-refractivity contribution in [1.82, 2.24) is 0 Å². The smallest absolute Gasteiger partial charge is 0.309 e. The van der Waals surface area contributed by atoms with Crippen LogP contribution in [0.4, 0.5) is 0 Å². The monoisotopic (exact) mass is 508 g/mol. The van der Waals surface area contributed by atoms with Gasteiger partial charge in [0, 0.05) is 17.7 Å². The van der Waals surface area contributed by atoms with Crippen molar-refractivity contribution in [3.8, 4) is 5.75 Å². The zero-order chi connectivity index (χ0) is 25.7. The van der Waals surface area contributed by atoms with Crippen LogP contribution in [0.5, 0.6) is 5.75 Å². The lowest BCUT2D eigenvalue weighted by Gasteiger charge is -2.24. The van der Waals surface area contributed by atoms with Crippen LogP contribution in [0.1, 0.15) is 51.8 Å². The number of carbonyl (C=O) groups is 1. The molecule has 0 fully saturated rings. The summed E-state index contributed by atoms with van der Waals surface area (Å²) in [5.41, 5.74) is 4.33. The average molecular weight is 509 g/mol. The van der Waals surface area contributed by atoms with Crippen molar-refractivity contribution in [3.05, 3.63) is 99.1 Å². The first-order valence-electron chi connectivity index (χ1n) is 11.8. The molecule has 0 radical (unpaired) electrons. The molecular weight excluding hydrogens is 476 g/mol. The number of methoxy groups -OCH3 is 2. The third-order valence-electron chi connectivity index (χ3n) is 6.51. The lowest BCUT2D eigenvalue weighted by Crippen LogP contribution is -2.22. The van der Waals surface area contributed by atoms with E-state index in [2.05, 4.69) is 25.1 Å². The van der Waals surface area contributed by atoms with Gasteiger partial charge in [0.25, 0.3) is 5.79 Å². The molecule has 2 heterocycles. The number of rotatable bonds is 10. The molecular formula is C29H32O6S. The first-order valence-corrected chi connectivity index (χ1v) is 12.6. The van der Waals surface area contributed by atoms with Crippen LogP contribution in [0.3, 0.4) is 0 Å². The van der Waals surface area contributed by atoms with Gasteiger partial charge in [0.1, 0.15) is 18.3 Å². The molecule has 2 aromatic carbocycles. The molecule has 7 heteroatoms. The molecule has 6 nitrogen and oxygen atoms in total. The number of hydrogen-bond donors (Lipinski definition) is 0. The third kappa shape index (κ3) is 5.58. The fourth-order valence-electron chi connectivity index (χ4n) is 4.29. The Labute approximate surface area is 216 Å². The largest absolute Gasteiger partial charge is 0.497 e. The number of esters is 1. The molecule has 0 bridgehead atoms. The van der Waals surface area contributed by atoms with Gasteiger partial charge in [-0.1, -0.05) is 37.3 Å². The maximum absolute atomic E-state index is 12.6. The van der Waals surface area contributed by atoms with E-state index in [1.165, 1.54) is 7.11 Å². The molecule has 0 spiro atoms. The van der Waals surface area contributed by atoms with Crippen LogP contribution in [-0.4, -0.2) is 20.2 Å². The zero-order valence-corrected chi connectivity index (χ0v) is 22.1. The quantitative estimate of drug-likeness (QED) is 0.295. The molecule has 190 valence electrons. The Morgan fingerprint density at radius 3 is 2.39 bits per heavy atom. The minimum atomic E-state index is -0.851. The van der Waals surface area contributed by atoms with Crippen LogP contribution in [0.15, 0.2) is 67.1 Å². The minimum absolute atomic E-state index is 0.185. The summed E-state index contributed by atoms with van der Waals surface area (Å²) in [5.74, 6) is -0.852. The number of thiophene rings is 1. The Morgan fingerprint density at radius 1 is 1.00 bits per heavy atom. The van der Waals surface area contributed by atoms with Crippen molar-refractivity contribution in [1.29, 1.82) is 0 Å². The van der Waals surface area contributed by atoms with Crippen molar-refractivity contribution >= 4 is 17.3 Å². The van der Waals surface area contributed by atoms with Gasteiger partial charge in [-0.25, -0.2) is 0 Å². The van der Waals surface area contributed by atoms with E-state index in [-0.39, 0.29) is 17.8 Å². The molecule has 0 aliphatic carbocycles. The van der Waals surface area contributed by atoms with E-state index >= 15 is 0 Å². The molecule has 1 aliphatic rings. The minimum Gasteiger partial charge on any atom is -0.497 e. The number of carbonyl (C=O) groups excluding carboxylic acids is 1. The van der Waals surface area contributed by atoms with Crippen LogP contribution >= 0.6 is 11.3 Å². The lowest BCUT2D eigenvalue weighted by molar-refractivity contribution is -0.145. The van der Waals surface area contributed by atoms with E-state index in [4.69, 9.17) is 23.7 Å². The number of aryl methyl sites for hydroxylation is 1. The standard InChI is InChI=1S/C29H32O6S/c1-19-6-9-22(16-23(19)18-33-17-21-7-10-24(31-4)11-8-21)27(20(2)28(30)32-5)25-12-13-26(36-25)29(3)34-14-15-35-29/h6-16,20,27H,17-18H2,1-5H3. The number of ether oxygens (including phenoxy) is 5. The van der Waals surface area contributed by atoms with E-state index in [1.807, 2.05) is 50.2 Å². The SMILES string of the molecule is COC(=O)C(C)C(c1ccc(C)c(COCc2ccc(OC)cc2)c1)c1ccc(C2(C)OC=CO2)s1. The van der Waals surface area contributed by atoms with E-state index < -0.39 is 5.79 Å². The Hall–Kier alpha value is -3.29. The van der Waals surface area contributed by atoms with Crippen molar-refractivity contribution in [2.75, 3.05) is 14.2 Å². The summed E-state index contributed by atoms with van der Waals surface area (Å²) >= 11 is 1.58. The Bertz CT molecular complexity index is 1200. The van der Waals surface area contributed by atoms with Gasteiger partial charge in [-0.3, -0.25) is 4.79 Å². The predicted octanol–water partition coefficient (Wildman–Crippen LogP) is 6.41. The zero-order valence-electron chi connectivity index (χ0n) is 21.3. The summed E-state index contributed by atoms with van der Waals surface area (Å²) in [6, 6.07) is 18.2. The van der Waals surface area contributed by atoms with E-state index in [0.717, 1.165) is 37.8 Å². The highest BCUT2D eigenvalue weighted by Crippen LogP contribution is 2.42. The highest BCUT2D eigenvalue weighted by molar-refractivity contribution is 7.12. The topological polar surface area (TPSA) is 63.2 Å². The normalized spacial score (nSPS) is 15.6. The van der Waals surface area contributed by atoms with Crippen molar-refractivity contribution in [3.63, 3.8) is 0 Å². The van der Waals surface area contributed by atoms with Crippen molar-refractivity contribution in [2.24, 2.45) is 5.92 Å². The van der Waals surface area contributed by atoms with Crippen LogP contribution in [-0.2, 0) is 42.7 Å². The first kappa shape index (κ1) is 25.8. The summed E-state index contributed by atoms with van der Waals surface area (Å²) < 4.78 is 27.7. The third-order valence-corrected chi connectivity index (χ3v) is 7.87.